The molecule has 2 rings (SSSR count). The van der Waals surface area contributed by atoms with Gasteiger partial charge in [0.2, 0.25) is 0 Å². The molecule has 0 radical (unpaired) electrons. The minimum atomic E-state index is -0.741. The van der Waals surface area contributed by atoms with Gasteiger partial charge in [0.15, 0.2) is 6.54 Å². The summed E-state index contributed by atoms with van der Waals surface area (Å²) in [5.74, 6) is -0.384. The molecular weight excluding hydrogens is 292 g/mol. The van der Waals surface area contributed by atoms with Gasteiger partial charge in [-0.3, -0.25) is 10.1 Å². The molecule has 0 aliphatic heterocycles. The van der Waals surface area contributed by atoms with Crippen LogP contribution in [0.1, 0.15) is 22.7 Å². The van der Waals surface area contributed by atoms with E-state index in [-0.39, 0.29) is 18.5 Å². The second kappa shape index (κ2) is 8.10. The van der Waals surface area contributed by atoms with Crippen molar-refractivity contribution < 1.29 is 19.6 Å². The van der Waals surface area contributed by atoms with Crippen LogP contribution >= 0.6 is 0 Å². The normalized spacial score (nSPS) is 11.6. The van der Waals surface area contributed by atoms with Gasteiger partial charge in [0.1, 0.15) is 6.04 Å². The van der Waals surface area contributed by atoms with E-state index in [1.54, 1.807) is 0 Å². The van der Waals surface area contributed by atoms with Gasteiger partial charge in [-0.15, -0.1) is 0 Å². The maximum Gasteiger partial charge on any atom is 0.413 e. The Kier molecular flexibility index (Phi) is 5.88. The van der Waals surface area contributed by atoms with Gasteiger partial charge in [-0.1, -0.05) is 60.2 Å². The molecule has 0 unspecified atom stereocenters. The number of benzene rings is 2. The molecule has 0 heterocycles. The third-order valence-corrected chi connectivity index (χ3v) is 3.56. The minimum Gasteiger partial charge on any atom is -0.453 e. The van der Waals surface area contributed by atoms with Gasteiger partial charge >= 0.3 is 6.09 Å². The minimum absolute atomic E-state index is 0.0137. The second-order valence-corrected chi connectivity index (χ2v) is 5.28. The van der Waals surface area contributed by atoms with E-state index in [0.29, 0.717) is 0 Å². The van der Waals surface area contributed by atoms with Crippen LogP contribution in [0.15, 0.2) is 54.6 Å². The number of imide groups is 1. The van der Waals surface area contributed by atoms with Crippen molar-refractivity contribution in [3.63, 3.8) is 0 Å². The highest BCUT2D eigenvalue weighted by atomic mass is 16.5. The molecule has 23 heavy (non-hydrogen) atoms. The molecule has 120 valence electrons. The number of rotatable bonds is 5. The van der Waals surface area contributed by atoms with Crippen molar-refractivity contribution in [2.24, 2.45) is 0 Å². The molecule has 0 aromatic heterocycles. The fourth-order valence-electron chi connectivity index (χ4n) is 2.34. The van der Waals surface area contributed by atoms with Gasteiger partial charge < -0.3 is 10.1 Å². The number of amides is 2. The average molecular weight is 313 g/mol. The third-order valence-electron chi connectivity index (χ3n) is 3.56. The first-order chi connectivity index (χ1) is 11.1. The molecule has 0 saturated heterocycles. The van der Waals surface area contributed by atoms with Crippen molar-refractivity contribution in [2.45, 2.75) is 13.0 Å². The van der Waals surface area contributed by atoms with E-state index in [9.17, 15) is 9.59 Å². The molecule has 0 aliphatic carbocycles. The van der Waals surface area contributed by atoms with Crippen LogP contribution in [-0.4, -0.2) is 25.7 Å². The summed E-state index contributed by atoms with van der Waals surface area (Å²) in [5.41, 5.74) is 3.39. The third kappa shape index (κ3) is 4.93. The molecule has 5 heteroatoms. The van der Waals surface area contributed by atoms with Crippen LogP contribution in [0.2, 0.25) is 0 Å². The van der Waals surface area contributed by atoms with E-state index >= 15 is 0 Å². The fraction of sp³-hybridized carbons (Fsp3) is 0.222. The van der Waals surface area contributed by atoms with Crippen molar-refractivity contribution >= 4 is 12.0 Å². The number of carbonyl (C=O) groups excluding carboxylic acids is 2. The predicted molar refractivity (Wildman–Crippen MR) is 86.8 cm³/mol. The van der Waals surface area contributed by atoms with Crippen LogP contribution in [0, 0.1) is 6.92 Å². The first-order valence-corrected chi connectivity index (χ1v) is 7.43. The van der Waals surface area contributed by atoms with E-state index < -0.39 is 6.09 Å². The van der Waals surface area contributed by atoms with Crippen molar-refractivity contribution in [1.82, 2.24) is 5.32 Å². The van der Waals surface area contributed by atoms with Crippen LogP contribution in [0.5, 0.6) is 0 Å². The Balaban J connectivity index is 2.13. The Morgan fingerprint density at radius 3 is 2.26 bits per heavy atom. The Bertz CT molecular complexity index is 654. The molecule has 2 aromatic carbocycles. The summed E-state index contributed by atoms with van der Waals surface area (Å²) in [5, 5.41) is 4.07. The first kappa shape index (κ1) is 16.7. The molecule has 0 bridgehead atoms. The number of carbonyl (C=O) groups is 2. The van der Waals surface area contributed by atoms with Crippen LogP contribution in [0.3, 0.4) is 0 Å². The maximum absolute atomic E-state index is 11.8. The summed E-state index contributed by atoms with van der Waals surface area (Å²) < 4.78 is 4.43. The summed E-state index contributed by atoms with van der Waals surface area (Å²) >= 11 is 0. The predicted octanol–water partition coefficient (Wildman–Crippen LogP) is 1.53. The Morgan fingerprint density at radius 1 is 1.04 bits per heavy atom. The van der Waals surface area contributed by atoms with Gasteiger partial charge in [0, 0.05) is 11.1 Å². The van der Waals surface area contributed by atoms with E-state index in [2.05, 4.69) is 22.2 Å². The van der Waals surface area contributed by atoms with Crippen molar-refractivity contribution in [3.05, 3.63) is 71.3 Å². The number of hydrogen-bond acceptors (Lipinski definition) is 3. The van der Waals surface area contributed by atoms with Gasteiger partial charge in [0.25, 0.3) is 5.91 Å². The zero-order chi connectivity index (χ0) is 16.7. The van der Waals surface area contributed by atoms with E-state index in [0.717, 1.165) is 11.1 Å². The van der Waals surface area contributed by atoms with Crippen molar-refractivity contribution in [2.75, 3.05) is 13.7 Å². The molecule has 0 fully saturated rings. The number of nitrogens with two attached hydrogens (primary N) is 1. The highest BCUT2D eigenvalue weighted by Crippen LogP contribution is 2.18. The second-order valence-electron chi connectivity index (χ2n) is 5.28. The standard InChI is InChI=1S/C18H20N2O3/c1-13-8-10-15(11-9-13)17(14-6-4-3-5-7-14)19-12-16(21)20-18(22)23-2/h3-11,17,19H,12H2,1-2H3,(H,20,21,22)/p+1/t17-/m1/s1. The smallest absolute Gasteiger partial charge is 0.413 e. The summed E-state index contributed by atoms with van der Waals surface area (Å²) in [7, 11) is 1.23. The first-order valence-electron chi connectivity index (χ1n) is 7.43. The summed E-state index contributed by atoms with van der Waals surface area (Å²) in [4.78, 5) is 22.9. The summed E-state index contributed by atoms with van der Waals surface area (Å²) in [6, 6.07) is 18.2. The van der Waals surface area contributed by atoms with Crippen molar-refractivity contribution in [3.8, 4) is 0 Å². The lowest BCUT2D eigenvalue weighted by molar-refractivity contribution is -0.676. The molecule has 0 aliphatic rings. The molecule has 5 nitrogen and oxygen atoms in total. The van der Waals surface area contributed by atoms with E-state index in [1.165, 1.54) is 12.7 Å². The highest BCUT2D eigenvalue weighted by molar-refractivity contribution is 5.92. The SMILES string of the molecule is COC(=O)NC(=O)C[NH2+][C@H](c1ccccc1)c1ccc(C)cc1. The number of aryl methyl sites for hydroxylation is 1. The van der Waals surface area contributed by atoms with Crippen LogP contribution < -0.4 is 10.6 Å². The number of ether oxygens (including phenoxy) is 1. The lowest BCUT2D eigenvalue weighted by Gasteiger charge is -2.16. The Hall–Kier alpha value is -2.66. The molecule has 1 atom stereocenters. The average Bonchev–Trinajstić information content (AvgIpc) is 2.57. The van der Waals surface area contributed by atoms with Crippen LogP contribution in [0.4, 0.5) is 4.79 Å². The molecular formula is C18H21N2O3+. The zero-order valence-corrected chi connectivity index (χ0v) is 13.3. The topological polar surface area (TPSA) is 72.0 Å². The van der Waals surface area contributed by atoms with Gasteiger partial charge in [-0.2, -0.15) is 0 Å². The summed E-state index contributed by atoms with van der Waals surface area (Å²) in [6.45, 7) is 2.16. The largest absolute Gasteiger partial charge is 0.453 e. The summed E-state index contributed by atoms with van der Waals surface area (Å²) in [6.07, 6.45) is -0.741. The maximum atomic E-state index is 11.8. The fourth-order valence-corrected chi connectivity index (χ4v) is 2.34. The van der Waals surface area contributed by atoms with Crippen molar-refractivity contribution in [1.29, 1.82) is 0 Å². The lowest BCUT2D eigenvalue weighted by Crippen LogP contribution is -2.87. The number of quaternary nitrogens is 1. The van der Waals surface area contributed by atoms with Gasteiger partial charge in [-0.05, 0) is 6.92 Å². The van der Waals surface area contributed by atoms with Gasteiger partial charge in [0.05, 0.1) is 7.11 Å². The van der Waals surface area contributed by atoms with Gasteiger partial charge in [-0.25, -0.2) is 4.79 Å². The van der Waals surface area contributed by atoms with E-state index in [1.807, 2.05) is 54.7 Å². The molecule has 0 spiro atoms. The van der Waals surface area contributed by atoms with E-state index in [4.69, 9.17) is 0 Å². The zero-order valence-electron chi connectivity index (χ0n) is 13.3. The molecule has 3 N–H and O–H groups in total. The lowest BCUT2D eigenvalue weighted by atomic mass is 9.98. The van der Waals surface area contributed by atoms with Crippen LogP contribution in [-0.2, 0) is 9.53 Å². The number of alkyl carbamates (subject to hydrolysis) is 1. The Labute approximate surface area is 135 Å². The molecule has 2 aromatic rings. The quantitative estimate of drug-likeness (QED) is 0.879. The Morgan fingerprint density at radius 2 is 1.65 bits per heavy atom. The highest BCUT2D eigenvalue weighted by Gasteiger charge is 2.19. The number of nitrogens with one attached hydrogen (secondary N) is 1. The number of hydrogen-bond donors (Lipinski definition) is 2. The van der Waals surface area contributed by atoms with Crippen LogP contribution in [0.25, 0.3) is 0 Å². The monoisotopic (exact) mass is 313 g/mol. The molecule has 2 amide bonds. The number of methoxy groups -OCH3 is 1. The molecule has 0 saturated carbocycles.